The van der Waals surface area contributed by atoms with E-state index in [1.807, 2.05) is 6.07 Å². The van der Waals surface area contributed by atoms with E-state index in [0.29, 0.717) is 16.5 Å². The number of rotatable bonds is 3. The molecule has 0 saturated heterocycles. The summed E-state index contributed by atoms with van der Waals surface area (Å²) in [5.41, 5.74) is 0.946. The fourth-order valence-corrected chi connectivity index (χ4v) is 2.75. The Kier molecular flexibility index (Phi) is 4.22. The number of ketones is 1. The summed E-state index contributed by atoms with van der Waals surface area (Å²) in [6, 6.07) is 12.3. The van der Waals surface area contributed by atoms with Gasteiger partial charge in [-0.1, -0.05) is 44.0 Å². The highest BCUT2D eigenvalue weighted by molar-refractivity contribution is 9.10. The number of nitrogens with zero attached hydrogens (tertiary/aromatic N) is 2. The molecule has 3 rings (SSSR count). The van der Waals surface area contributed by atoms with Crippen molar-refractivity contribution in [1.82, 2.24) is 9.55 Å². The fourth-order valence-electron chi connectivity index (χ4n) is 2.13. The Morgan fingerprint density at radius 2 is 1.73 bits per heavy atom. The number of aromatic nitrogens is 2. The van der Waals surface area contributed by atoms with Gasteiger partial charge in [0.15, 0.2) is 5.78 Å². The first-order valence-electron chi connectivity index (χ1n) is 6.48. The highest BCUT2D eigenvalue weighted by Crippen LogP contribution is 2.15. The van der Waals surface area contributed by atoms with E-state index in [4.69, 9.17) is 0 Å². The van der Waals surface area contributed by atoms with Crippen LogP contribution in [0.25, 0.3) is 10.9 Å². The van der Waals surface area contributed by atoms with Gasteiger partial charge in [-0.2, -0.15) is 0 Å². The molecule has 1 aromatic heterocycles. The monoisotopic (exact) mass is 420 g/mol. The molecule has 4 nitrogen and oxygen atoms in total. The standard InChI is InChI=1S/C16H10Br2N2O2/c17-11-3-1-10(2-4-11)15(21)8-20-9-19-14-6-5-12(18)7-13(14)16(20)22/h1-7,9H,8H2. The minimum absolute atomic E-state index is 0.0318. The number of hydrogen-bond donors (Lipinski definition) is 0. The Labute approximate surface area is 143 Å². The molecule has 110 valence electrons. The van der Waals surface area contributed by atoms with Crippen LogP contribution in [0.4, 0.5) is 0 Å². The van der Waals surface area contributed by atoms with Crippen LogP contribution in [0, 0.1) is 0 Å². The molecule has 0 aliphatic heterocycles. The van der Waals surface area contributed by atoms with Gasteiger partial charge >= 0.3 is 0 Å². The van der Waals surface area contributed by atoms with Crippen molar-refractivity contribution in [2.45, 2.75) is 6.54 Å². The summed E-state index contributed by atoms with van der Waals surface area (Å²) in [7, 11) is 0. The Balaban J connectivity index is 1.97. The van der Waals surface area contributed by atoms with Crippen molar-refractivity contribution in [2.75, 3.05) is 0 Å². The zero-order valence-corrected chi connectivity index (χ0v) is 14.5. The summed E-state index contributed by atoms with van der Waals surface area (Å²) in [6.07, 6.45) is 1.41. The van der Waals surface area contributed by atoms with Gasteiger partial charge in [0, 0.05) is 14.5 Å². The zero-order valence-electron chi connectivity index (χ0n) is 11.3. The van der Waals surface area contributed by atoms with Gasteiger partial charge in [-0.25, -0.2) is 4.98 Å². The predicted molar refractivity (Wildman–Crippen MR) is 92.2 cm³/mol. The average molecular weight is 422 g/mol. The summed E-state index contributed by atoms with van der Waals surface area (Å²) in [4.78, 5) is 28.9. The van der Waals surface area contributed by atoms with Gasteiger partial charge in [0.25, 0.3) is 5.56 Å². The van der Waals surface area contributed by atoms with Crippen LogP contribution < -0.4 is 5.56 Å². The second-order valence-electron chi connectivity index (χ2n) is 4.77. The van der Waals surface area contributed by atoms with Crippen molar-refractivity contribution in [3.63, 3.8) is 0 Å². The van der Waals surface area contributed by atoms with Crippen LogP contribution in [0.15, 0.2) is 62.5 Å². The predicted octanol–water partition coefficient (Wildman–Crippen LogP) is 3.80. The van der Waals surface area contributed by atoms with Crippen molar-refractivity contribution in [3.8, 4) is 0 Å². The minimum atomic E-state index is -0.225. The number of Topliss-reactive ketones (excluding diaryl/α,β-unsaturated/α-hetero) is 1. The first-order valence-corrected chi connectivity index (χ1v) is 8.07. The third-order valence-electron chi connectivity index (χ3n) is 3.27. The molecule has 0 aliphatic rings. The lowest BCUT2D eigenvalue weighted by molar-refractivity contribution is 0.0970. The van der Waals surface area contributed by atoms with Crippen LogP contribution in [-0.2, 0) is 6.54 Å². The number of benzene rings is 2. The Hall–Kier alpha value is -1.79. The molecule has 1 heterocycles. The molecule has 3 aromatic rings. The Morgan fingerprint density at radius 3 is 2.45 bits per heavy atom. The summed E-state index contributed by atoms with van der Waals surface area (Å²) >= 11 is 6.66. The van der Waals surface area contributed by atoms with Crippen LogP contribution in [0.5, 0.6) is 0 Å². The quantitative estimate of drug-likeness (QED) is 0.604. The first kappa shape index (κ1) is 15.1. The number of fused-ring (bicyclic) bond motifs is 1. The lowest BCUT2D eigenvalue weighted by Gasteiger charge is -2.06. The molecule has 0 radical (unpaired) electrons. The maximum absolute atomic E-state index is 12.4. The molecule has 0 fully saturated rings. The summed E-state index contributed by atoms with van der Waals surface area (Å²) in [5, 5.41) is 0.487. The SMILES string of the molecule is O=C(Cn1cnc2ccc(Br)cc2c1=O)c1ccc(Br)cc1. The molecule has 0 bridgehead atoms. The Morgan fingerprint density at radius 1 is 1.05 bits per heavy atom. The van der Waals surface area contributed by atoms with E-state index < -0.39 is 0 Å². The van der Waals surface area contributed by atoms with Gasteiger partial charge < -0.3 is 0 Å². The number of carbonyl (C=O) groups is 1. The van der Waals surface area contributed by atoms with Gasteiger partial charge in [0.05, 0.1) is 23.8 Å². The molecule has 0 atom stereocenters. The molecular weight excluding hydrogens is 412 g/mol. The van der Waals surface area contributed by atoms with Crippen molar-refractivity contribution in [1.29, 1.82) is 0 Å². The smallest absolute Gasteiger partial charge is 0.261 e. The molecule has 22 heavy (non-hydrogen) atoms. The molecule has 0 amide bonds. The van der Waals surface area contributed by atoms with E-state index in [9.17, 15) is 9.59 Å². The number of halogens is 2. The molecular formula is C16H10Br2N2O2. The van der Waals surface area contributed by atoms with E-state index >= 15 is 0 Å². The van der Waals surface area contributed by atoms with Crippen LogP contribution in [0.2, 0.25) is 0 Å². The zero-order chi connectivity index (χ0) is 15.7. The van der Waals surface area contributed by atoms with Gasteiger partial charge in [0.2, 0.25) is 0 Å². The topological polar surface area (TPSA) is 52.0 Å². The molecule has 0 spiro atoms. The summed E-state index contributed by atoms with van der Waals surface area (Å²) in [5.74, 6) is -0.134. The fraction of sp³-hybridized carbons (Fsp3) is 0.0625. The van der Waals surface area contributed by atoms with Gasteiger partial charge in [0.1, 0.15) is 0 Å². The van der Waals surface area contributed by atoms with Crippen LogP contribution >= 0.6 is 31.9 Å². The largest absolute Gasteiger partial charge is 0.292 e. The minimum Gasteiger partial charge on any atom is -0.292 e. The van der Waals surface area contributed by atoms with Crippen LogP contribution in [-0.4, -0.2) is 15.3 Å². The van der Waals surface area contributed by atoms with E-state index in [0.717, 1.165) is 8.95 Å². The van der Waals surface area contributed by atoms with Crippen molar-refractivity contribution < 1.29 is 4.79 Å². The van der Waals surface area contributed by atoms with E-state index in [1.165, 1.54) is 10.9 Å². The summed E-state index contributed by atoms with van der Waals surface area (Å²) in [6.45, 7) is -0.0318. The van der Waals surface area contributed by atoms with Crippen molar-refractivity contribution in [3.05, 3.63) is 73.7 Å². The molecule has 0 unspecified atom stereocenters. The van der Waals surface area contributed by atoms with Gasteiger partial charge in [-0.05, 0) is 30.3 Å². The highest BCUT2D eigenvalue weighted by atomic mass is 79.9. The normalized spacial score (nSPS) is 10.8. The summed E-state index contributed by atoms with van der Waals surface area (Å²) < 4.78 is 3.04. The lowest BCUT2D eigenvalue weighted by atomic mass is 10.1. The maximum Gasteiger partial charge on any atom is 0.261 e. The van der Waals surface area contributed by atoms with E-state index in [-0.39, 0.29) is 17.9 Å². The van der Waals surface area contributed by atoms with Crippen LogP contribution in [0.3, 0.4) is 0 Å². The lowest BCUT2D eigenvalue weighted by Crippen LogP contribution is -2.24. The number of carbonyl (C=O) groups excluding carboxylic acids is 1. The first-order chi connectivity index (χ1) is 10.5. The van der Waals surface area contributed by atoms with Gasteiger partial charge in [-0.3, -0.25) is 14.2 Å². The molecule has 0 aliphatic carbocycles. The van der Waals surface area contributed by atoms with E-state index in [2.05, 4.69) is 36.8 Å². The van der Waals surface area contributed by atoms with Crippen molar-refractivity contribution >= 4 is 48.5 Å². The van der Waals surface area contributed by atoms with Gasteiger partial charge in [-0.15, -0.1) is 0 Å². The highest BCUT2D eigenvalue weighted by Gasteiger charge is 2.10. The average Bonchev–Trinajstić information content (AvgIpc) is 2.51. The molecule has 0 saturated carbocycles. The molecule has 2 aromatic carbocycles. The third-order valence-corrected chi connectivity index (χ3v) is 4.29. The maximum atomic E-state index is 12.4. The molecule has 6 heteroatoms. The second-order valence-corrected chi connectivity index (χ2v) is 6.60. The van der Waals surface area contributed by atoms with E-state index in [1.54, 1.807) is 36.4 Å². The number of hydrogen-bond acceptors (Lipinski definition) is 3. The van der Waals surface area contributed by atoms with Crippen LogP contribution in [0.1, 0.15) is 10.4 Å². The van der Waals surface area contributed by atoms with Crippen molar-refractivity contribution in [2.24, 2.45) is 0 Å². The second kappa shape index (κ2) is 6.14. The third kappa shape index (κ3) is 3.03. The molecule has 0 N–H and O–H groups in total. The Bertz CT molecular complexity index is 918.